The molecule has 0 N–H and O–H groups in total. The molecule has 10 radical (unpaired) electrons. The molecule has 0 unspecified atom stereocenters. The Morgan fingerprint density at radius 3 is 1.04 bits per heavy atom. The van der Waals surface area contributed by atoms with Gasteiger partial charge in [-0.25, -0.2) is 0 Å². The van der Waals surface area contributed by atoms with Crippen LogP contribution in [-0.2, 0) is 17.1 Å². The summed E-state index contributed by atoms with van der Waals surface area (Å²) >= 11 is 0. The van der Waals surface area contributed by atoms with Crippen LogP contribution in [0.15, 0.2) is 146 Å². The largest absolute Gasteiger partial charge is 2.00 e. The molecule has 45 heavy (non-hydrogen) atoms. The molecule has 6 aromatic rings. The van der Waals surface area contributed by atoms with Crippen LogP contribution in [0.1, 0.15) is 0 Å². The summed E-state index contributed by atoms with van der Waals surface area (Å²) in [5, 5.41) is 11.0. The molecular weight excluding hydrogens is 622 g/mol. The van der Waals surface area contributed by atoms with Gasteiger partial charge >= 0.3 is 17.1 Å². The quantitative estimate of drug-likeness (QED) is 0.124. The summed E-state index contributed by atoms with van der Waals surface area (Å²) in [6.45, 7) is 0. The van der Waals surface area contributed by atoms with E-state index in [1.165, 1.54) is 54.1 Å². The molecule has 0 amide bonds. The van der Waals surface area contributed by atoms with Crippen LogP contribution in [0, 0.1) is 62.7 Å². The molecule has 2 atom stereocenters. The summed E-state index contributed by atoms with van der Waals surface area (Å²) in [7, 11) is -1.02. The molecule has 2 fully saturated rings. The number of hydrogen-bond acceptors (Lipinski definition) is 0. The number of rotatable bonds is 6. The fourth-order valence-electron chi connectivity index (χ4n) is 5.84. The van der Waals surface area contributed by atoms with Crippen molar-refractivity contribution in [1.82, 2.24) is 0 Å². The van der Waals surface area contributed by atoms with E-state index in [1.54, 1.807) is 0 Å². The van der Waals surface area contributed by atoms with Gasteiger partial charge in [0.2, 0.25) is 0 Å². The summed E-state index contributed by atoms with van der Waals surface area (Å²) in [6.07, 6.45) is 17.6. The van der Waals surface area contributed by atoms with E-state index >= 15 is 0 Å². The van der Waals surface area contributed by atoms with Crippen molar-refractivity contribution in [3.63, 3.8) is 0 Å². The molecule has 2 saturated carbocycles. The van der Waals surface area contributed by atoms with Crippen LogP contribution in [0.5, 0.6) is 0 Å². The second-order valence-electron chi connectivity index (χ2n) is 10.6. The second kappa shape index (κ2) is 15.7. The van der Waals surface area contributed by atoms with E-state index in [1.807, 2.05) is 0 Å². The topological polar surface area (TPSA) is 0 Å². The van der Waals surface area contributed by atoms with Crippen molar-refractivity contribution in [2.75, 3.05) is 0 Å². The molecule has 0 heterocycles. The second-order valence-corrected chi connectivity index (χ2v) is 15.0. The fraction of sp³-hybridized carbons (Fsp3) is 0. The van der Waals surface area contributed by atoms with Crippen LogP contribution in [0.4, 0.5) is 0 Å². The molecule has 0 aliphatic heterocycles. The van der Waals surface area contributed by atoms with E-state index in [4.69, 9.17) is 0 Å². The van der Waals surface area contributed by atoms with Gasteiger partial charge in [0.15, 0.2) is 0 Å². The molecule has 2 aliphatic carbocycles. The maximum atomic E-state index is 2.29. The van der Waals surface area contributed by atoms with E-state index < -0.39 is 15.8 Å². The number of benzene rings is 6. The van der Waals surface area contributed by atoms with Gasteiger partial charge < -0.3 is 0 Å². The molecule has 3 heteroatoms. The zero-order chi connectivity index (χ0) is 29.6. The van der Waals surface area contributed by atoms with Gasteiger partial charge in [-0.15, -0.1) is 0 Å². The fourth-order valence-corrected chi connectivity index (χ4v) is 10.8. The zero-order valence-corrected chi connectivity index (χ0v) is 27.6. The smallest absolute Gasteiger partial charge is 0.0622 e. The monoisotopic (exact) mass is 654 g/mol. The molecule has 0 bridgehead atoms. The van der Waals surface area contributed by atoms with Crippen LogP contribution in [-0.4, -0.2) is 0 Å². The minimum atomic E-state index is -0.509. The molecule has 8 rings (SSSR count). The first-order valence-corrected chi connectivity index (χ1v) is 17.6. The Bertz CT molecular complexity index is 1650. The van der Waals surface area contributed by atoms with Gasteiger partial charge in [-0.1, -0.05) is 146 Å². The average molecular weight is 655 g/mol. The maximum Gasteiger partial charge on any atom is 2.00 e. The van der Waals surface area contributed by atoms with E-state index in [2.05, 4.69) is 197 Å². The third-order valence-corrected chi connectivity index (χ3v) is 12.9. The van der Waals surface area contributed by atoms with Crippen molar-refractivity contribution in [1.29, 1.82) is 0 Å². The third kappa shape index (κ3) is 7.30. The maximum absolute atomic E-state index is 2.29. The Balaban J connectivity index is 0.000000155. The molecule has 6 aromatic carbocycles. The van der Waals surface area contributed by atoms with Gasteiger partial charge in [-0.05, 0) is 110 Å². The van der Waals surface area contributed by atoms with E-state index in [-0.39, 0.29) is 17.1 Å². The van der Waals surface area contributed by atoms with Crippen LogP contribution in [0.2, 0.25) is 0 Å². The molecular formula is C42H32FeP2+2. The first-order chi connectivity index (χ1) is 21.9. The number of fused-ring (bicyclic) bond motifs is 2. The molecule has 216 valence electrons. The summed E-state index contributed by atoms with van der Waals surface area (Å²) in [5.74, 6) is 0. The van der Waals surface area contributed by atoms with Crippen LogP contribution >= 0.6 is 15.8 Å². The van der Waals surface area contributed by atoms with Crippen LogP contribution in [0.3, 0.4) is 0 Å². The first-order valence-electron chi connectivity index (χ1n) is 15.0. The Morgan fingerprint density at radius 2 is 0.644 bits per heavy atom. The van der Waals surface area contributed by atoms with Gasteiger partial charge in [0.25, 0.3) is 0 Å². The first kappa shape index (κ1) is 32.2. The summed E-state index contributed by atoms with van der Waals surface area (Å²) in [6, 6.07) is 52.4. The Morgan fingerprint density at radius 1 is 0.311 bits per heavy atom. The van der Waals surface area contributed by atoms with Crippen molar-refractivity contribution in [2.45, 2.75) is 0 Å². The van der Waals surface area contributed by atoms with Crippen molar-refractivity contribution in [3.8, 4) is 0 Å². The predicted molar refractivity (Wildman–Crippen MR) is 194 cm³/mol. The Hall–Kier alpha value is -2.78. The van der Waals surface area contributed by atoms with Gasteiger partial charge in [0, 0.05) is 11.3 Å². The predicted octanol–water partition coefficient (Wildman–Crippen LogP) is 9.27. The average Bonchev–Trinajstić information content (AvgIpc) is 3.83. The molecule has 2 aliphatic rings. The van der Waals surface area contributed by atoms with Crippen LogP contribution < -0.4 is 21.2 Å². The molecule has 0 saturated heterocycles. The van der Waals surface area contributed by atoms with E-state index in [0.717, 1.165) is 0 Å². The Labute approximate surface area is 282 Å². The minimum Gasteiger partial charge on any atom is -0.0622 e. The van der Waals surface area contributed by atoms with E-state index in [0.29, 0.717) is 0 Å². The van der Waals surface area contributed by atoms with Crippen molar-refractivity contribution < 1.29 is 17.1 Å². The summed E-state index contributed by atoms with van der Waals surface area (Å²) in [4.78, 5) is 0. The normalized spacial score (nSPS) is 16.5. The molecule has 0 aromatic heterocycles. The summed E-state index contributed by atoms with van der Waals surface area (Å²) in [5.41, 5.74) is 2.83. The standard InChI is InChI=1S/2C21H16P.Fe/c2*1-2-11-18(12-3-1)22(19-13-5-6-14-19)21-16-8-10-17-9-4-7-15-20(17)21;/h2*1-16H;/q;;+2/t2*22-;/m11./s1. The van der Waals surface area contributed by atoms with Gasteiger partial charge in [-0.3, -0.25) is 0 Å². The van der Waals surface area contributed by atoms with Gasteiger partial charge in [0.05, 0.1) is 0 Å². The van der Waals surface area contributed by atoms with Crippen molar-refractivity contribution in [3.05, 3.63) is 208 Å². The van der Waals surface area contributed by atoms with E-state index in [9.17, 15) is 0 Å². The zero-order valence-electron chi connectivity index (χ0n) is 24.7. The van der Waals surface area contributed by atoms with Crippen LogP contribution in [0.25, 0.3) is 21.5 Å². The Kier molecular flexibility index (Phi) is 11.2. The SMILES string of the molecule is [CH]1[CH][CH][C]([P@@](c2ccccc2)c2cccc3ccccc23)[CH]1.[CH]1[CH][CH][C]([P@@](c2ccccc2)c2cccc3ccccc23)[CH]1.[Fe+2]. The minimum absolute atomic E-state index is 0. The molecule has 0 nitrogen and oxygen atoms in total. The number of hydrogen-bond donors (Lipinski definition) is 0. The van der Waals surface area contributed by atoms with Crippen molar-refractivity contribution in [2.24, 2.45) is 0 Å². The summed E-state index contributed by atoms with van der Waals surface area (Å²) < 4.78 is 0. The van der Waals surface area contributed by atoms with Gasteiger partial charge in [-0.2, -0.15) is 0 Å². The van der Waals surface area contributed by atoms with Crippen molar-refractivity contribution >= 4 is 58.6 Å². The third-order valence-electron chi connectivity index (χ3n) is 7.85. The molecule has 0 spiro atoms. The van der Waals surface area contributed by atoms with Gasteiger partial charge in [0.1, 0.15) is 0 Å².